The van der Waals surface area contributed by atoms with Gasteiger partial charge in [-0.3, -0.25) is 14.5 Å². The van der Waals surface area contributed by atoms with Gasteiger partial charge in [0, 0.05) is 12.8 Å². The standard InChI is InChI=1S/C16H18N2O3/c1-10-4-5-12-11(8-10)17-13(16(2,3)21-12)9-18-14(19)6-7-15(18)20/h4-5,8H,6-7,9H2,1-3H3. The Morgan fingerprint density at radius 2 is 1.90 bits per heavy atom. The Morgan fingerprint density at radius 1 is 1.24 bits per heavy atom. The van der Waals surface area contributed by atoms with E-state index in [4.69, 9.17) is 4.74 Å². The number of ether oxygens (including phenoxy) is 1. The summed E-state index contributed by atoms with van der Waals surface area (Å²) in [6.45, 7) is 6.00. The monoisotopic (exact) mass is 286 g/mol. The zero-order valence-electron chi connectivity index (χ0n) is 12.5. The first-order chi connectivity index (χ1) is 9.87. The van der Waals surface area contributed by atoms with Gasteiger partial charge in [-0.05, 0) is 38.5 Å². The van der Waals surface area contributed by atoms with Gasteiger partial charge in [0.2, 0.25) is 11.8 Å². The second-order valence-corrected chi connectivity index (χ2v) is 6.02. The maximum absolute atomic E-state index is 11.8. The van der Waals surface area contributed by atoms with E-state index in [-0.39, 0.29) is 18.4 Å². The number of carbonyl (C=O) groups excluding carboxylic acids is 2. The van der Waals surface area contributed by atoms with Crippen molar-refractivity contribution in [2.45, 2.75) is 39.2 Å². The number of hydrogen-bond acceptors (Lipinski definition) is 4. The van der Waals surface area contributed by atoms with Crippen LogP contribution in [0.3, 0.4) is 0 Å². The van der Waals surface area contributed by atoms with Gasteiger partial charge in [-0.15, -0.1) is 0 Å². The fraction of sp³-hybridized carbons (Fsp3) is 0.438. The Balaban J connectivity index is 1.96. The first kappa shape index (κ1) is 13.8. The smallest absolute Gasteiger partial charge is 0.230 e. The van der Waals surface area contributed by atoms with E-state index in [9.17, 15) is 9.59 Å². The van der Waals surface area contributed by atoms with Crippen LogP contribution in [0, 0.1) is 6.92 Å². The van der Waals surface area contributed by atoms with Gasteiger partial charge in [-0.25, -0.2) is 4.99 Å². The van der Waals surface area contributed by atoms with Crippen LogP contribution >= 0.6 is 0 Å². The van der Waals surface area contributed by atoms with Gasteiger partial charge >= 0.3 is 0 Å². The second-order valence-electron chi connectivity index (χ2n) is 6.02. The van der Waals surface area contributed by atoms with Gasteiger partial charge in [0.25, 0.3) is 0 Å². The van der Waals surface area contributed by atoms with E-state index >= 15 is 0 Å². The molecule has 5 nitrogen and oxygen atoms in total. The molecule has 0 spiro atoms. The van der Waals surface area contributed by atoms with Crippen LogP contribution in [-0.4, -0.2) is 34.6 Å². The molecule has 0 atom stereocenters. The number of fused-ring (bicyclic) bond motifs is 1. The van der Waals surface area contributed by atoms with Gasteiger partial charge in [0.1, 0.15) is 17.0 Å². The van der Waals surface area contributed by atoms with Crippen molar-refractivity contribution in [1.29, 1.82) is 0 Å². The van der Waals surface area contributed by atoms with Crippen LogP contribution in [0.1, 0.15) is 32.3 Å². The molecule has 1 aromatic carbocycles. The predicted molar refractivity (Wildman–Crippen MR) is 78.9 cm³/mol. The van der Waals surface area contributed by atoms with Gasteiger partial charge in [-0.2, -0.15) is 0 Å². The minimum Gasteiger partial charge on any atom is -0.480 e. The SMILES string of the molecule is Cc1ccc2c(c1)N=C(CN1C(=O)CCC1=O)C(C)(C)O2. The summed E-state index contributed by atoms with van der Waals surface area (Å²) in [5, 5.41) is 0. The van der Waals surface area contributed by atoms with Crippen LogP contribution in [0.4, 0.5) is 5.69 Å². The molecule has 1 aromatic rings. The Bertz CT molecular complexity index is 645. The zero-order chi connectivity index (χ0) is 15.2. The Hall–Kier alpha value is -2.17. The van der Waals surface area contributed by atoms with Crippen molar-refractivity contribution in [1.82, 2.24) is 4.90 Å². The van der Waals surface area contributed by atoms with Gasteiger partial charge in [-0.1, -0.05) is 6.07 Å². The average molecular weight is 286 g/mol. The number of amides is 2. The van der Waals surface area contributed by atoms with Crippen LogP contribution < -0.4 is 4.74 Å². The molecule has 0 bridgehead atoms. The molecule has 2 amide bonds. The molecule has 110 valence electrons. The number of carbonyl (C=O) groups is 2. The molecule has 5 heteroatoms. The van der Waals surface area contributed by atoms with Crippen molar-refractivity contribution in [3.63, 3.8) is 0 Å². The highest BCUT2D eigenvalue weighted by Gasteiger charge is 2.37. The Kier molecular flexibility index (Phi) is 3.08. The summed E-state index contributed by atoms with van der Waals surface area (Å²) in [5.41, 5.74) is 1.91. The molecular weight excluding hydrogens is 268 g/mol. The highest BCUT2D eigenvalue weighted by Crippen LogP contribution is 2.37. The average Bonchev–Trinajstić information content (AvgIpc) is 2.71. The van der Waals surface area contributed by atoms with Crippen molar-refractivity contribution in [2.24, 2.45) is 4.99 Å². The number of hydrogen-bond donors (Lipinski definition) is 0. The lowest BCUT2D eigenvalue weighted by molar-refractivity contribution is -0.137. The van der Waals surface area contributed by atoms with Crippen molar-refractivity contribution in [2.75, 3.05) is 6.54 Å². The van der Waals surface area contributed by atoms with Gasteiger partial charge in [0.15, 0.2) is 0 Å². The molecule has 0 aromatic heterocycles. The number of aryl methyl sites for hydroxylation is 1. The van der Waals surface area contributed by atoms with E-state index in [2.05, 4.69) is 4.99 Å². The summed E-state index contributed by atoms with van der Waals surface area (Å²) in [7, 11) is 0. The van der Waals surface area contributed by atoms with Crippen LogP contribution in [0.25, 0.3) is 0 Å². The van der Waals surface area contributed by atoms with Crippen LogP contribution in [-0.2, 0) is 9.59 Å². The van der Waals surface area contributed by atoms with E-state index in [1.807, 2.05) is 39.0 Å². The molecule has 0 saturated carbocycles. The van der Waals surface area contributed by atoms with Crippen molar-refractivity contribution < 1.29 is 14.3 Å². The molecule has 0 aliphatic carbocycles. The minimum absolute atomic E-state index is 0.131. The highest BCUT2D eigenvalue weighted by atomic mass is 16.5. The van der Waals surface area contributed by atoms with E-state index in [0.717, 1.165) is 17.0 Å². The number of likely N-dealkylation sites (tertiary alicyclic amines) is 1. The maximum Gasteiger partial charge on any atom is 0.230 e. The first-order valence-corrected chi connectivity index (χ1v) is 7.08. The van der Waals surface area contributed by atoms with E-state index in [1.54, 1.807) is 0 Å². The molecule has 1 fully saturated rings. The van der Waals surface area contributed by atoms with Crippen molar-refractivity contribution >= 4 is 23.2 Å². The van der Waals surface area contributed by atoms with E-state index in [1.165, 1.54) is 4.90 Å². The van der Waals surface area contributed by atoms with E-state index in [0.29, 0.717) is 18.6 Å². The maximum atomic E-state index is 11.8. The molecule has 1 saturated heterocycles. The summed E-state index contributed by atoms with van der Waals surface area (Å²) in [4.78, 5) is 29.5. The lowest BCUT2D eigenvalue weighted by Crippen LogP contribution is -2.47. The molecular formula is C16H18N2O3. The second kappa shape index (κ2) is 4.69. The van der Waals surface area contributed by atoms with Crippen LogP contribution in [0.15, 0.2) is 23.2 Å². The van der Waals surface area contributed by atoms with Crippen LogP contribution in [0.2, 0.25) is 0 Å². The molecule has 3 rings (SSSR count). The molecule has 2 aliphatic heterocycles. The fourth-order valence-electron chi connectivity index (χ4n) is 2.59. The summed E-state index contributed by atoms with van der Waals surface area (Å²) in [6.07, 6.45) is 0.589. The lowest BCUT2D eigenvalue weighted by Gasteiger charge is -2.34. The summed E-state index contributed by atoms with van der Waals surface area (Å²) in [5.74, 6) is 0.468. The Morgan fingerprint density at radius 3 is 2.57 bits per heavy atom. The largest absolute Gasteiger partial charge is 0.480 e. The minimum atomic E-state index is -0.634. The van der Waals surface area contributed by atoms with Gasteiger partial charge < -0.3 is 4.74 Å². The highest BCUT2D eigenvalue weighted by molar-refractivity contribution is 6.07. The summed E-state index contributed by atoms with van der Waals surface area (Å²) in [6, 6.07) is 5.82. The molecule has 2 aliphatic rings. The number of nitrogens with zero attached hydrogens (tertiary/aromatic N) is 2. The van der Waals surface area contributed by atoms with Crippen molar-refractivity contribution in [3.05, 3.63) is 23.8 Å². The third kappa shape index (κ3) is 2.44. The topological polar surface area (TPSA) is 59.0 Å². The van der Waals surface area contributed by atoms with Crippen LogP contribution in [0.5, 0.6) is 5.75 Å². The lowest BCUT2D eigenvalue weighted by atomic mass is 9.99. The quantitative estimate of drug-likeness (QED) is 0.784. The van der Waals surface area contributed by atoms with Gasteiger partial charge in [0.05, 0.1) is 12.3 Å². The number of rotatable bonds is 2. The molecule has 21 heavy (non-hydrogen) atoms. The normalized spacial score (nSPS) is 20.1. The first-order valence-electron chi connectivity index (χ1n) is 7.08. The zero-order valence-corrected chi connectivity index (χ0v) is 12.5. The molecule has 0 N–H and O–H groups in total. The molecule has 0 radical (unpaired) electrons. The molecule has 0 unspecified atom stereocenters. The number of benzene rings is 1. The van der Waals surface area contributed by atoms with E-state index < -0.39 is 5.60 Å². The van der Waals surface area contributed by atoms with Crippen molar-refractivity contribution in [3.8, 4) is 5.75 Å². The number of imide groups is 1. The Labute approximate surface area is 123 Å². The fourth-order valence-corrected chi connectivity index (χ4v) is 2.59. The predicted octanol–water partition coefficient (Wildman–Crippen LogP) is 2.39. The number of aliphatic imine (C=N–C) groups is 1. The summed E-state index contributed by atoms with van der Waals surface area (Å²) >= 11 is 0. The molecule has 2 heterocycles. The third-order valence-electron chi connectivity index (χ3n) is 3.89. The third-order valence-corrected chi connectivity index (χ3v) is 3.89. The summed E-state index contributed by atoms with van der Waals surface area (Å²) < 4.78 is 5.99.